The summed E-state index contributed by atoms with van der Waals surface area (Å²) in [6.07, 6.45) is 13.7. The lowest BCUT2D eigenvalue weighted by Gasteiger charge is -2.22. The number of aliphatic hydroxyl groups is 2. The minimum atomic E-state index is 0.119. The van der Waals surface area contributed by atoms with Crippen LogP contribution in [0.1, 0.15) is 6.42 Å². The number of aliphatic hydroxyl groups excluding tert-OH is 2. The molecule has 0 saturated heterocycles. The van der Waals surface area contributed by atoms with Gasteiger partial charge in [0.25, 0.3) is 0 Å². The Kier molecular flexibility index (Phi) is 3.39. The zero-order valence-corrected chi connectivity index (χ0v) is 8.79. The molecule has 4 atom stereocenters. The SMILES string of the molecule is OC/C=C/[C@@H]1[C@H](/C=C/CO)[C@@H]2C=C[C@H]1C2. The van der Waals surface area contributed by atoms with E-state index in [9.17, 15) is 0 Å². The Morgan fingerprint density at radius 1 is 0.933 bits per heavy atom. The van der Waals surface area contributed by atoms with Crippen LogP contribution in [0.3, 0.4) is 0 Å². The molecule has 2 heteroatoms. The quantitative estimate of drug-likeness (QED) is 0.685. The van der Waals surface area contributed by atoms with Gasteiger partial charge in [-0.15, -0.1) is 0 Å². The smallest absolute Gasteiger partial charge is 0.0612 e. The van der Waals surface area contributed by atoms with Crippen LogP contribution in [0.4, 0.5) is 0 Å². The van der Waals surface area contributed by atoms with Gasteiger partial charge in [-0.05, 0) is 30.1 Å². The van der Waals surface area contributed by atoms with Crippen molar-refractivity contribution >= 4 is 0 Å². The zero-order chi connectivity index (χ0) is 10.7. The van der Waals surface area contributed by atoms with E-state index < -0.39 is 0 Å². The zero-order valence-electron chi connectivity index (χ0n) is 8.79. The molecule has 0 unspecified atom stereocenters. The number of hydrogen-bond donors (Lipinski definition) is 2. The van der Waals surface area contributed by atoms with Crippen LogP contribution in [-0.2, 0) is 0 Å². The molecule has 0 aromatic rings. The Morgan fingerprint density at radius 2 is 1.40 bits per heavy atom. The average Bonchev–Trinajstić information content (AvgIpc) is 2.83. The van der Waals surface area contributed by atoms with Crippen molar-refractivity contribution < 1.29 is 10.2 Å². The third-order valence-corrected chi connectivity index (χ3v) is 3.51. The maximum Gasteiger partial charge on any atom is 0.0612 e. The van der Waals surface area contributed by atoms with Gasteiger partial charge in [0, 0.05) is 0 Å². The monoisotopic (exact) mass is 206 g/mol. The second-order valence-electron chi connectivity index (χ2n) is 4.32. The lowest BCUT2D eigenvalue weighted by molar-refractivity contribution is 0.337. The molecule has 15 heavy (non-hydrogen) atoms. The molecule has 0 spiro atoms. The first-order chi connectivity index (χ1) is 7.36. The number of allylic oxidation sites excluding steroid dienone is 4. The summed E-state index contributed by atoms with van der Waals surface area (Å²) in [6.45, 7) is 0.238. The minimum absolute atomic E-state index is 0.119. The molecule has 0 radical (unpaired) electrons. The summed E-state index contributed by atoms with van der Waals surface area (Å²) in [5.41, 5.74) is 0. The molecule has 1 fully saturated rings. The van der Waals surface area contributed by atoms with Crippen LogP contribution < -0.4 is 0 Å². The second-order valence-corrected chi connectivity index (χ2v) is 4.32. The van der Waals surface area contributed by atoms with Gasteiger partial charge in [-0.2, -0.15) is 0 Å². The van der Waals surface area contributed by atoms with Crippen molar-refractivity contribution in [1.29, 1.82) is 0 Å². The summed E-state index contributed by atoms with van der Waals surface area (Å²) in [7, 11) is 0. The highest BCUT2D eigenvalue weighted by molar-refractivity contribution is 5.21. The van der Waals surface area contributed by atoms with Crippen molar-refractivity contribution in [3.05, 3.63) is 36.5 Å². The normalized spacial score (nSPS) is 38.8. The molecular formula is C13H18O2. The van der Waals surface area contributed by atoms with Gasteiger partial charge in [0.1, 0.15) is 0 Å². The van der Waals surface area contributed by atoms with Crippen LogP contribution in [0.2, 0.25) is 0 Å². The van der Waals surface area contributed by atoms with Crippen molar-refractivity contribution in [2.45, 2.75) is 6.42 Å². The number of hydrogen-bond acceptors (Lipinski definition) is 2. The van der Waals surface area contributed by atoms with Crippen molar-refractivity contribution in [2.24, 2.45) is 23.7 Å². The Morgan fingerprint density at radius 3 is 1.80 bits per heavy atom. The van der Waals surface area contributed by atoms with E-state index in [0.29, 0.717) is 23.7 Å². The Bertz CT molecular complexity index is 263. The molecule has 0 aromatic heterocycles. The summed E-state index contributed by atoms with van der Waals surface area (Å²) in [6, 6.07) is 0. The molecule has 82 valence electrons. The van der Waals surface area contributed by atoms with Crippen molar-refractivity contribution in [2.75, 3.05) is 13.2 Å². The standard InChI is InChI=1S/C13H18O2/c14-7-1-3-12-10-5-6-11(9-10)13(12)4-2-8-15/h1-6,10-15H,7-9H2/b3-1+,4-2+/t10-,11+,12-,13+. The molecule has 2 aliphatic rings. The summed E-state index contributed by atoms with van der Waals surface area (Å²) in [5, 5.41) is 17.6. The minimum Gasteiger partial charge on any atom is -0.392 e. The molecule has 2 rings (SSSR count). The van der Waals surface area contributed by atoms with Gasteiger partial charge in [-0.25, -0.2) is 0 Å². The topological polar surface area (TPSA) is 40.5 Å². The predicted molar refractivity (Wildman–Crippen MR) is 60.2 cm³/mol. The molecule has 2 N–H and O–H groups in total. The summed E-state index contributed by atoms with van der Waals surface area (Å²) in [5.74, 6) is 2.28. The lowest BCUT2D eigenvalue weighted by Crippen LogP contribution is -2.15. The summed E-state index contributed by atoms with van der Waals surface area (Å²) in [4.78, 5) is 0. The van der Waals surface area contributed by atoms with E-state index in [1.54, 1.807) is 0 Å². The third-order valence-electron chi connectivity index (χ3n) is 3.51. The average molecular weight is 206 g/mol. The molecule has 0 aromatic carbocycles. The largest absolute Gasteiger partial charge is 0.392 e. The van der Waals surface area contributed by atoms with E-state index in [0.717, 1.165) is 0 Å². The lowest BCUT2D eigenvalue weighted by atomic mass is 9.82. The molecule has 0 aliphatic heterocycles. The van der Waals surface area contributed by atoms with Gasteiger partial charge in [-0.3, -0.25) is 0 Å². The number of rotatable bonds is 4. The highest BCUT2D eigenvalue weighted by Gasteiger charge is 2.41. The van der Waals surface area contributed by atoms with Crippen LogP contribution in [0.15, 0.2) is 36.5 Å². The summed E-state index contributed by atoms with van der Waals surface area (Å²) >= 11 is 0. The first-order valence-corrected chi connectivity index (χ1v) is 5.60. The highest BCUT2D eigenvalue weighted by atomic mass is 16.3. The molecule has 0 amide bonds. The fourth-order valence-corrected chi connectivity index (χ4v) is 2.88. The second kappa shape index (κ2) is 4.77. The number of fused-ring (bicyclic) bond motifs is 2. The van der Waals surface area contributed by atoms with Gasteiger partial charge in [-0.1, -0.05) is 36.5 Å². The van der Waals surface area contributed by atoms with Crippen LogP contribution in [-0.4, -0.2) is 23.4 Å². The first-order valence-electron chi connectivity index (χ1n) is 5.60. The molecule has 2 bridgehead atoms. The van der Waals surface area contributed by atoms with Crippen molar-refractivity contribution in [3.63, 3.8) is 0 Å². The highest BCUT2D eigenvalue weighted by Crippen LogP contribution is 2.49. The van der Waals surface area contributed by atoms with Crippen LogP contribution in [0, 0.1) is 23.7 Å². The van der Waals surface area contributed by atoms with Gasteiger partial charge in [0.15, 0.2) is 0 Å². The van der Waals surface area contributed by atoms with Crippen molar-refractivity contribution in [1.82, 2.24) is 0 Å². The fraction of sp³-hybridized carbons (Fsp3) is 0.538. The van der Waals surface area contributed by atoms with Gasteiger partial charge < -0.3 is 10.2 Å². The molecular weight excluding hydrogens is 188 g/mol. The van der Waals surface area contributed by atoms with E-state index in [4.69, 9.17) is 10.2 Å². The van der Waals surface area contributed by atoms with E-state index in [1.165, 1.54) is 6.42 Å². The Hall–Kier alpha value is -0.860. The van der Waals surface area contributed by atoms with Gasteiger partial charge in [0.05, 0.1) is 13.2 Å². The van der Waals surface area contributed by atoms with E-state index in [2.05, 4.69) is 24.3 Å². The Balaban J connectivity index is 2.09. The Labute approximate surface area is 90.6 Å². The maximum absolute atomic E-state index is 8.80. The van der Waals surface area contributed by atoms with Crippen LogP contribution >= 0.6 is 0 Å². The fourth-order valence-electron chi connectivity index (χ4n) is 2.88. The molecule has 0 heterocycles. The molecule has 2 nitrogen and oxygen atoms in total. The van der Waals surface area contributed by atoms with E-state index in [1.807, 2.05) is 12.2 Å². The van der Waals surface area contributed by atoms with Crippen LogP contribution in [0.5, 0.6) is 0 Å². The van der Waals surface area contributed by atoms with Gasteiger partial charge in [0.2, 0.25) is 0 Å². The molecule has 1 saturated carbocycles. The third kappa shape index (κ3) is 2.06. The first kappa shape index (κ1) is 10.7. The molecule has 2 aliphatic carbocycles. The van der Waals surface area contributed by atoms with E-state index >= 15 is 0 Å². The summed E-state index contributed by atoms with van der Waals surface area (Å²) < 4.78 is 0. The van der Waals surface area contributed by atoms with Gasteiger partial charge >= 0.3 is 0 Å². The van der Waals surface area contributed by atoms with Crippen LogP contribution in [0.25, 0.3) is 0 Å². The maximum atomic E-state index is 8.80. The predicted octanol–water partition coefficient (Wildman–Crippen LogP) is 1.52. The van der Waals surface area contributed by atoms with Crippen molar-refractivity contribution in [3.8, 4) is 0 Å². The van der Waals surface area contributed by atoms with E-state index in [-0.39, 0.29) is 13.2 Å².